The maximum atomic E-state index is 13.3. The number of carbonyl (C=O) groups excluding carboxylic acids is 3. The molecule has 0 atom stereocenters. The summed E-state index contributed by atoms with van der Waals surface area (Å²) in [5.74, 6) is -3.03. The standard InChI is InChI=1S/C19H17FN2O6/c1-27-15-10-14(22-19(26)11-4-3-5-12(20)8-11)16(28-2)9-13(15)21-17(23)6-7-18(24)25/h3-10H,1-2H3,(H,21,23)(H,22,26)(H,24,25)/p-1/b7-6+. The SMILES string of the molecule is COc1cc(NC(=O)c2cccc(F)c2)c(OC)cc1NC(=O)/C=C/C(=O)[O-]. The zero-order valence-corrected chi connectivity index (χ0v) is 14.9. The monoisotopic (exact) mass is 387 g/mol. The maximum Gasteiger partial charge on any atom is 0.255 e. The largest absolute Gasteiger partial charge is 0.545 e. The molecule has 28 heavy (non-hydrogen) atoms. The van der Waals surface area contributed by atoms with Crippen LogP contribution < -0.4 is 25.2 Å². The molecule has 0 saturated heterocycles. The molecule has 2 amide bonds. The lowest BCUT2D eigenvalue weighted by molar-refractivity contribution is -0.297. The van der Waals surface area contributed by atoms with Gasteiger partial charge in [0.2, 0.25) is 5.91 Å². The van der Waals surface area contributed by atoms with E-state index >= 15 is 0 Å². The molecule has 146 valence electrons. The minimum absolute atomic E-state index is 0.103. The van der Waals surface area contributed by atoms with Crippen LogP contribution in [0, 0.1) is 5.82 Å². The number of benzene rings is 2. The molecule has 2 aromatic carbocycles. The van der Waals surface area contributed by atoms with E-state index < -0.39 is 23.6 Å². The van der Waals surface area contributed by atoms with Gasteiger partial charge in [0.1, 0.15) is 17.3 Å². The fourth-order valence-corrected chi connectivity index (χ4v) is 2.24. The van der Waals surface area contributed by atoms with Crippen molar-refractivity contribution in [1.82, 2.24) is 0 Å². The minimum atomic E-state index is -1.52. The van der Waals surface area contributed by atoms with Crippen molar-refractivity contribution >= 4 is 29.2 Å². The lowest BCUT2D eigenvalue weighted by Gasteiger charge is -2.16. The molecule has 0 spiro atoms. The van der Waals surface area contributed by atoms with Crippen LogP contribution in [0.1, 0.15) is 10.4 Å². The van der Waals surface area contributed by atoms with E-state index in [0.717, 1.165) is 12.1 Å². The Morgan fingerprint density at radius 2 is 1.57 bits per heavy atom. The maximum absolute atomic E-state index is 13.3. The summed E-state index contributed by atoms with van der Waals surface area (Å²) in [6.45, 7) is 0. The molecule has 0 fully saturated rings. The first-order valence-corrected chi connectivity index (χ1v) is 7.87. The van der Waals surface area contributed by atoms with Gasteiger partial charge in [0.25, 0.3) is 5.91 Å². The van der Waals surface area contributed by atoms with E-state index in [1.165, 1.54) is 44.6 Å². The molecule has 2 aromatic rings. The Morgan fingerprint density at radius 1 is 0.964 bits per heavy atom. The molecular weight excluding hydrogens is 371 g/mol. The predicted molar refractivity (Wildman–Crippen MR) is 96.7 cm³/mol. The van der Waals surface area contributed by atoms with Crippen LogP contribution >= 0.6 is 0 Å². The minimum Gasteiger partial charge on any atom is -0.545 e. The van der Waals surface area contributed by atoms with Crippen molar-refractivity contribution in [3.05, 3.63) is 59.9 Å². The summed E-state index contributed by atoms with van der Waals surface area (Å²) in [5, 5.41) is 15.4. The van der Waals surface area contributed by atoms with Crippen LogP contribution in [-0.2, 0) is 9.59 Å². The van der Waals surface area contributed by atoms with Crippen LogP contribution in [0.5, 0.6) is 11.5 Å². The van der Waals surface area contributed by atoms with Gasteiger partial charge in [0.15, 0.2) is 0 Å². The summed E-state index contributed by atoms with van der Waals surface area (Å²) in [5.41, 5.74) is 0.499. The van der Waals surface area contributed by atoms with Gasteiger partial charge in [-0.25, -0.2) is 4.39 Å². The highest BCUT2D eigenvalue weighted by molar-refractivity contribution is 6.06. The van der Waals surface area contributed by atoms with Crippen molar-refractivity contribution in [2.45, 2.75) is 0 Å². The number of aliphatic carboxylic acids is 1. The van der Waals surface area contributed by atoms with E-state index in [1.54, 1.807) is 0 Å². The van der Waals surface area contributed by atoms with Crippen molar-refractivity contribution in [2.24, 2.45) is 0 Å². The van der Waals surface area contributed by atoms with Gasteiger partial charge in [-0.1, -0.05) is 6.07 Å². The first-order chi connectivity index (χ1) is 13.3. The number of nitrogens with one attached hydrogen (secondary N) is 2. The van der Waals surface area contributed by atoms with Crippen LogP contribution in [0.25, 0.3) is 0 Å². The molecule has 2 rings (SSSR count). The number of amides is 2. The zero-order chi connectivity index (χ0) is 20.7. The lowest BCUT2D eigenvalue weighted by Crippen LogP contribution is -2.20. The van der Waals surface area contributed by atoms with Gasteiger partial charge >= 0.3 is 0 Å². The molecule has 0 saturated carbocycles. The van der Waals surface area contributed by atoms with E-state index in [1.807, 2.05) is 0 Å². The van der Waals surface area contributed by atoms with Gasteiger partial charge in [-0.2, -0.15) is 0 Å². The summed E-state index contributed by atoms with van der Waals surface area (Å²) >= 11 is 0. The van der Waals surface area contributed by atoms with Crippen molar-refractivity contribution in [3.63, 3.8) is 0 Å². The third-order valence-corrected chi connectivity index (χ3v) is 3.49. The topological polar surface area (TPSA) is 117 Å². The highest BCUT2D eigenvalue weighted by Crippen LogP contribution is 2.36. The second-order valence-electron chi connectivity index (χ2n) is 5.36. The molecule has 0 aromatic heterocycles. The summed E-state index contributed by atoms with van der Waals surface area (Å²) in [6, 6.07) is 7.92. The molecule has 0 heterocycles. The number of halogens is 1. The molecule has 0 aliphatic heterocycles. The molecule has 0 unspecified atom stereocenters. The number of anilines is 2. The van der Waals surface area contributed by atoms with E-state index in [2.05, 4.69) is 10.6 Å². The second-order valence-corrected chi connectivity index (χ2v) is 5.36. The number of rotatable bonds is 7. The summed E-state index contributed by atoms with van der Waals surface area (Å²) in [7, 11) is 2.69. The smallest absolute Gasteiger partial charge is 0.255 e. The summed E-state index contributed by atoms with van der Waals surface area (Å²) in [4.78, 5) is 34.5. The highest BCUT2D eigenvalue weighted by Gasteiger charge is 2.16. The Balaban J connectivity index is 2.30. The average Bonchev–Trinajstić information content (AvgIpc) is 2.67. The van der Waals surface area contributed by atoms with E-state index in [9.17, 15) is 23.9 Å². The molecule has 0 aliphatic carbocycles. The van der Waals surface area contributed by atoms with Crippen LogP contribution in [0.4, 0.5) is 15.8 Å². The van der Waals surface area contributed by atoms with Crippen LogP contribution in [-0.4, -0.2) is 32.0 Å². The quantitative estimate of drug-likeness (QED) is 0.693. The number of carbonyl (C=O) groups is 3. The number of hydrogen-bond acceptors (Lipinski definition) is 6. The number of carboxylic acid groups (broad SMARTS) is 1. The van der Waals surface area contributed by atoms with Gasteiger partial charge in [0.05, 0.1) is 31.6 Å². The Hall–Kier alpha value is -3.88. The van der Waals surface area contributed by atoms with Crippen molar-refractivity contribution < 1.29 is 33.4 Å². The number of carboxylic acids is 1. The van der Waals surface area contributed by atoms with Crippen LogP contribution in [0.15, 0.2) is 48.6 Å². The third kappa shape index (κ3) is 5.31. The molecule has 0 bridgehead atoms. The van der Waals surface area contributed by atoms with E-state index in [0.29, 0.717) is 6.08 Å². The Bertz CT molecular complexity index is 942. The van der Waals surface area contributed by atoms with E-state index in [4.69, 9.17) is 9.47 Å². The highest BCUT2D eigenvalue weighted by atomic mass is 19.1. The van der Waals surface area contributed by atoms with Crippen molar-refractivity contribution in [3.8, 4) is 11.5 Å². The lowest BCUT2D eigenvalue weighted by atomic mass is 10.2. The Labute approximate surface area is 159 Å². The molecule has 2 N–H and O–H groups in total. The normalized spacial score (nSPS) is 10.4. The Morgan fingerprint density at radius 3 is 2.11 bits per heavy atom. The van der Waals surface area contributed by atoms with Gasteiger partial charge in [0, 0.05) is 23.8 Å². The molecule has 0 aliphatic rings. The number of methoxy groups -OCH3 is 2. The van der Waals surface area contributed by atoms with Crippen molar-refractivity contribution in [2.75, 3.05) is 24.9 Å². The zero-order valence-electron chi connectivity index (χ0n) is 14.9. The summed E-state index contributed by atoms with van der Waals surface area (Å²) < 4.78 is 23.7. The Kier molecular flexibility index (Phi) is 6.69. The van der Waals surface area contributed by atoms with E-state index in [-0.39, 0.29) is 28.4 Å². The fraction of sp³-hybridized carbons (Fsp3) is 0.105. The predicted octanol–water partition coefficient (Wildman–Crippen LogP) is 1.34. The fourth-order valence-electron chi connectivity index (χ4n) is 2.24. The molecular formula is C19H16FN2O6-. The van der Waals surface area contributed by atoms with Gasteiger partial charge in [-0.05, 0) is 24.3 Å². The molecule has 9 heteroatoms. The third-order valence-electron chi connectivity index (χ3n) is 3.49. The summed E-state index contributed by atoms with van der Waals surface area (Å²) in [6.07, 6.45) is 1.35. The first-order valence-electron chi connectivity index (χ1n) is 7.87. The average molecular weight is 387 g/mol. The van der Waals surface area contributed by atoms with Crippen LogP contribution in [0.3, 0.4) is 0 Å². The number of ether oxygens (including phenoxy) is 2. The molecule has 8 nitrogen and oxygen atoms in total. The van der Waals surface area contributed by atoms with Gasteiger partial charge in [-0.15, -0.1) is 0 Å². The second kappa shape index (κ2) is 9.17. The van der Waals surface area contributed by atoms with Gasteiger partial charge < -0.3 is 30.0 Å². The molecule has 0 radical (unpaired) electrons. The van der Waals surface area contributed by atoms with Crippen LogP contribution in [0.2, 0.25) is 0 Å². The first kappa shape index (κ1) is 20.4. The van der Waals surface area contributed by atoms with Gasteiger partial charge in [-0.3, -0.25) is 9.59 Å². The number of hydrogen-bond donors (Lipinski definition) is 2. The van der Waals surface area contributed by atoms with Crippen molar-refractivity contribution in [1.29, 1.82) is 0 Å².